The molecule has 1 unspecified atom stereocenters. The number of imidazole rings is 1. The number of hydrogen-bond donors (Lipinski definition) is 1. The van der Waals surface area contributed by atoms with Gasteiger partial charge in [0.25, 0.3) is 0 Å². The van der Waals surface area contributed by atoms with Crippen molar-refractivity contribution in [2.45, 2.75) is 12.5 Å². The first-order valence-electron chi connectivity index (χ1n) is 5.24. The molecule has 0 radical (unpaired) electrons. The number of aromatic nitrogens is 2. The van der Waals surface area contributed by atoms with Gasteiger partial charge < -0.3 is 10.3 Å². The molecule has 4 heteroatoms. The second kappa shape index (κ2) is 5.14. The first-order chi connectivity index (χ1) is 7.81. The maximum Gasteiger partial charge on any atom is 0.0951 e. The van der Waals surface area contributed by atoms with E-state index >= 15 is 0 Å². The van der Waals surface area contributed by atoms with Crippen molar-refractivity contribution < 1.29 is 0 Å². The molecule has 0 spiro atoms. The van der Waals surface area contributed by atoms with E-state index in [4.69, 9.17) is 17.3 Å². The molecule has 2 N–H and O–H groups in total. The second-order valence-electron chi connectivity index (χ2n) is 3.65. The minimum absolute atomic E-state index is 0.241. The Morgan fingerprint density at radius 3 is 2.62 bits per heavy atom. The minimum atomic E-state index is 0.241. The maximum absolute atomic E-state index is 5.87. The fourth-order valence-corrected chi connectivity index (χ4v) is 1.91. The van der Waals surface area contributed by atoms with Crippen molar-refractivity contribution in [3.05, 3.63) is 53.6 Å². The van der Waals surface area contributed by atoms with Gasteiger partial charge in [-0.1, -0.05) is 23.7 Å². The smallest absolute Gasteiger partial charge is 0.0951 e. The quantitative estimate of drug-likeness (QED) is 0.885. The predicted octanol–water partition coefficient (Wildman–Crippen LogP) is 2.47. The Labute approximate surface area is 99.9 Å². The zero-order valence-electron chi connectivity index (χ0n) is 8.88. The maximum atomic E-state index is 5.87. The van der Waals surface area contributed by atoms with Gasteiger partial charge in [0, 0.05) is 17.4 Å². The van der Waals surface area contributed by atoms with Gasteiger partial charge in [0.05, 0.1) is 12.4 Å². The molecule has 0 amide bonds. The Kier molecular flexibility index (Phi) is 3.59. The molecular formula is C12H14ClN3. The van der Waals surface area contributed by atoms with Gasteiger partial charge >= 0.3 is 0 Å². The van der Waals surface area contributed by atoms with Gasteiger partial charge in [-0.2, -0.15) is 0 Å². The molecule has 0 aliphatic carbocycles. The lowest BCUT2D eigenvalue weighted by Crippen LogP contribution is -2.14. The van der Waals surface area contributed by atoms with Crippen LogP contribution in [0.25, 0.3) is 0 Å². The standard InChI is InChI=1S/C12H14ClN3/c13-11-3-1-10(2-4-11)12(5-6-14)16-8-7-15-9-16/h1-4,7-9,12H,5-6,14H2. The fourth-order valence-electron chi connectivity index (χ4n) is 1.78. The van der Waals surface area contributed by atoms with Gasteiger partial charge in [-0.15, -0.1) is 0 Å². The predicted molar refractivity (Wildman–Crippen MR) is 65.5 cm³/mol. The van der Waals surface area contributed by atoms with Crippen LogP contribution in [-0.4, -0.2) is 16.1 Å². The van der Waals surface area contributed by atoms with Crippen LogP contribution < -0.4 is 5.73 Å². The topological polar surface area (TPSA) is 43.8 Å². The molecule has 1 aromatic carbocycles. The van der Waals surface area contributed by atoms with Crippen molar-refractivity contribution in [3.63, 3.8) is 0 Å². The highest BCUT2D eigenvalue weighted by Gasteiger charge is 2.11. The van der Waals surface area contributed by atoms with Crippen molar-refractivity contribution in [2.24, 2.45) is 5.73 Å². The lowest BCUT2D eigenvalue weighted by molar-refractivity contribution is 0.547. The third kappa shape index (κ3) is 2.43. The summed E-state index contributed by atoms with van der Waals surface area (Å²) in [5, 5.41) is 0.751. The zero-order chi connectivity index (χ0) is 11.4. The molecule has 0 aliphatic rings. The molecule has 16 heavy (non-hydrogen) atoms. The van der Waals surface area contributed by atoms with Crippen LogP contribution in [0.4, 0.5) is 0 Å². The molecule has 0 bridgehead atoms. The third-order valence-electron chi connectivity index (χ3n) is 2.58. The number of hydrogen-bond acceptors (Lipinski definition) is 2. The molecule has 3 nitrogen and oxygen atoms in total. The molecule has 1 aromatic heterocycles. The van der Waals surface area contributed by atoms with Crippen LogP contribution in [-0.2, 0) is 0 Å². The lowest BCUT2D eigenvalue weighted by Gasteiger charge is -2.18. The number of nitrogens with two attached hydrogens (primary N) is 1. The van der Waals surface area contributed by atoms with Crippen LogP contribution in [0.15, 0.2) is 43.0 Å². The summed E-state index contributed by atoms with van der Waals surface area (Å²) in [5.41, 5.74) is 6.84. The summed E-state index contributed by atoms with van der Waals surface area (Å²) in [6.07, 6.45) is 6.43. The van der Waals surface area contributed by atoms with Crippen LogP contribution in [0.3, 0.4) is 0 Å². The zero-order valence-corrected chi connectivity index (χ0v) is 9.64. The highest BCUT2D eigenvalue weighted by Crippen LogP contribution is 2.22. The van der Waals surface area contributed by atoms with Gasteiger partial charge in [0.2, 0.25) is 0 Å². The van der Waals surface area contributed by atoms with Crippen molar-refractivity contribution in [2.75, 3.05) is 6.54 Å². The van der Waals surface area contributed by atoms with Crippen LogP contribution in [0.1, 0.15) is 18.0 Å². The SMILES string of the molecule is NCCC(c1ccc(Cl)cc1)n1ccnc1. The van der Waals surface area contributed by atoms with Crippen molar-refractivity contribution in [1.29, 1.82) is 0 Å². The van der Waals surface area contributed by atoms with E-state index in [-0.39, 0.29) is 6.04 Å². The van der Waals surface area contributed by atoms with E-state index in [1.54, 1.807) is 6.20 Å². The number of nitrogens with zero attached hydrogens (tertiary/aromatic N) is 2. The van der Waals surface area contributed by atoms with Gasteiger partial charge in [-0.25, -0.2) is 4.98 Å². The minimum Gasteiger partial charge on any atom is -0.330 e. The molecule has 0 saturated carbocycles. The lowest BCUT2D eigenvalue weighted by atomic mass is 10.0. The first-order valence-corrected chi connectivity index (χ1v) is 5.62. The van der Waals surface area contributed by atoms with Gasteiger partial charge in [-0.05, 0) is 30.7 Å². The number of benzene rings is 1. The largest absolute Gasteiger partial charge is 0.330 e. The summed E-state index contributed by atoms with van der Waals surface area (Å²) in [7, 11) is 0. The molecular weight excluding hydrogens is 222 g/mol. The summed E-state index contributed by atoms with van der Waals surface area (Å²) in [4.78, 5) is 4.06. The van der Waals surface area contributed by atoms with E-state index < -0.39 is 0 Å². The number of halogens is 1. The molecule has 1 heterocycles. The van der Waals surface area contributed by atoms with Crippen molar-refractivity contribution in [3.8, 4) is 0 Å². The average molecular weight is 236 g/mol. The van der Waals surface area contributed by atoms with Crippen molar-refractivity contribution in [1.82, 2.24) is 9.55 Å². The summed E-state index contributed by atoms with van der Waals surface area (Å²) >= 11 is 5.87. The second-order valence-corrected chi connectivity index (χ2v) is 4.09. The molecule has 0 aliphatic heterocycles. The third-order valence-corrected chi connectivity index (χ3v) is 2.83. The van der Waals surface area contributed by atoms with E-state index in [9.17, 15) is 0 Å². The van der Waals surface area contributed by atoms with Crippen LogP contribution >= 0.6 is 11.6 Å². The first kappa shape index (κ1) is 11.2. The summed E-state index contributed by atoms with van der Waals surface area (Å²) in [6.45, 7) is 0.644. The Balaban J connectivity index is 2.29. The van der Waals surface area contributed by atoms with E-state index in [0.29, 0.717) is 6.54 Å². The Bertz CT molecular complexity index is 422. The molecule has 0 saturated heterocycles. The summed E-state index contributed by atoms with van der Waals surface area (Å²) in [6, 6.07) is 8.10. The molecule has 1 atom stereocenters. The van der Waals surface area contributed by atoms with E-state index in [0.717, 1.165) is 11.4 Å². The van der Waals surface area contributed by atoms with Crippen LogP contribution in [0.5, 0.6) is 0 Å². The molecule has 0 fully saturated rings. The highest BCUT2D eigenvalue weighted by molar-refractivity contribution is 6.30. The van der Waals surface area contributed by atoms with Crippen molar-refractivity contribution >= 4 is 11.6 Å². The Morgan fingerprint density at radius 2 is 2.06 bits per heavy atom. The van der Waals surface area contributed by atoms with Crippen LogP contribution in [0, 0.1) is 0 Å². The average Bonchev–Trinajstić information content (AvgIpc) is 2.81. The van der Waals surface area contributed by atoms with Gasteiger partial charge in [-0.3, -0.25) is 0 Å². The Morgan fingerprint density at radius 1 is 1.31 bits per heavy atom. The van der Waals surface area contributed by atoms with E-state index in [1.165, 1.54) is 5.56 Å². The van der Waals surface area contributed by atoms with E-state index in [2.05, 4.69) is 9.55 Å². The summed E-state index contributed by atoms with van der Waals surface area (Å²) < 4.78 is 2.07. The number of rotatable bonds is 4. The molecule has 84 valence electrons. The normalized spacial score (nSPS) is 12.6. The fraction of sp³-hybridized carbons (Fsp3) is 0.250. The molecule has 2 rings (SSSR count). The van der Waals surface area contributed by atoms with E-state index in [1.807, 2.05) is 36.8 Å². The van der Waals surface area contributed by atoms with Gasteiger partial charge in [0.15, 0.2) is 0 Å². The van der Waals surface area contributed by atoms with Crippen LogP contribution in [0.2, 0.25) is 5.02 Å². The molecule has 2 aromatic rings. The van der Waals surface area contributed by atoms with Gasteiger partial charge in [0.1, 0.15) is 0 Å². The summed E-state index contributed by atoms with van der Waals surface area (Å²) in [5.74, 6) is 0. The monoisotopic (exact) mass is 235 g/mol. The highest BCUT2D eigenvalue weighted by atomic mass is 35.5. The Hall–Kier alpha value is -1.32.